The number of ketones is 1. The average molecular weight is 178 g/mol. The average Bonchev–Trinajstić information content (AvgIpc) is 2.04. The van der Waals surface area contributed by atoms with Crippen molar-refractivity contribution >= 4 is 5.78 Å². The summed E-state index contributed by atoms with van der Waals surface area (Å²) in [4.78, 5) is 14.7. The van der Waals surface area contributed by atoms with Crippen LogP contribution in [0.3, 0.4) is 0 Å². The molecule has 0 bridgehead atoms. The van der Waals surface area contributed by atoms with Crippen LogP contribution >= 0.6 is 0 Å². The van der Waals surface area contributed by atoms with Crippen molar-refractivity contribution in [3.8, 4) is 0 Å². The molecular weight excluding hydrogens is 164 g/mol. The molecule has 2 N–H and O–H groups in total. The maximum Gasteiger partial charge on any atom is 0.131 e. The predicted octanol–water partition coefficient (Wildman–Crippen LogP) is 0.930. The van der Waals surface area contributed by atoms with Crippen molar-refractivity contribution in [3.63, 3.8) is 0 Å². The molecule has 3 heteroatoms. The van der Waals surface area contributed by atoms with E-state index in [9.17, 15) is 4.79 Å². The first kappa shape index (κ1) is 9.86. The Morgan fingerprint density at radius 1 is 1.69 bits per heavy atom. The molecule has 0 saturated heterocycles. The Hall–Kier alpha value is -1.22. The highest BCUT2D eigenvalue weighted by Crippen LogP contribution is 2.02. The summed E-state index contributed by atoms with van der Waals surface area (Å²) in [5.74, 6) is 0.136. The van der Waals surface area contributed by atoms with E-state index in [1.165, 1.54) is 0 Å². The second-order valence-electron chi connectivity index (χ2n) is 3.23. The minimum atomic E-state index is -0.0818. The van der Waals surface area contributed by atoms with Gasteiger partial charge in [-0.15, -0.1) is 0 Å². The highest BCUT2D eigenvalue weighted by atomic mass is 16.1. The summed E-state index contributed by atoms with van der Waals surface area (Å²) in [7, 11) is 0. The molecule has 0 unspecified atom stereocenters. The van der Waals surface area contributed by atoms with Crippen molar-refractivity contribution in [2.24, 2.45) is 5.73 Å². The smallest absolute Gasteiger partial charge is 0.131 e. The van der Waals surface area contributed by atoms with E-state index in [0.29, 0.717) is 12.8 Å². The number of pyridine rings is 1. The fraction of sp³-hybridized carbons (Fsp3) is 0.400. The van der Waals surface area contributed by atoms with Crippen LogP contribution in [0.2, 0.25) is 0 Å². The second kappa shape index (κ2) is 4.72. The SMILES string of the molecule is CC(=O)C[C@H](N)Cc1cccnc1. The van der Waals surface area contributed by atoms with Gasteiger partial charge in [-0.05, 0) is 25.0 Å². The Kier molecular flexibility index (Phi) is 3.58. The zero-order chi connectivity index (χ0) is 9.68. The van der Waals surface area contributed by atoms with E-state index < -0.39 is 0 Å². The minimum absolute atomic E-state index is 0.0818. The first-order valence-corrected chi connectivity index (χ1v) is 4.32. The van der Waals surface area contributed by atoms with Crippen molar-refractivity contribution in [2.45, 2.75) is 25.8 Å². The van der Waals surface area contributed by atoms with Gasteiger partial charge in [-0.3, -0.25) is 9.78 Å². The molecule has 0 spiro atoms. The van der Waals surface area contributed by atoms with Gasteiger partial charge in [0.2, 0.25) is 0 Å². The lowest BCUT2D eigenvalue weighted by atomic mass is 10.0. The lowest BCUT2D eigenvalue weighted by Gasteiger charge is -2.08. The van der Waals surface area contributed by atoms with Crippen LogP contribution in [-0.2, 0) is 11.2 Å². The van der Waals surface area contributed by atoms with Crippen molar-refractivity contribution in [1.29, 1.82) is 0 Å². The van der Waals surface area contributed by atoms with Gasteiger partial charge in [-0.25, -0.2) is 0 Å². The van der Waals surface area contributed by atoms with Crippen LogP contribution < -0.4 is 5.73 Å². The van der Waals surface area contributed by atoms with E-state index in [1.807, 2.05) is 12.1 Å². The van der Waals surface area contributed by atoms with Crippen LogP contribution in [0.4, 0.5) is 0 Å². The molecule has 0 amide bonds. The van der Waals surface area contributed by atoms with Crippen LogP contribution in [0.15, 0.2) is 24.5 Å². The topological polar surface area (TPSA) is 56.0 Å². The molecule has 1 heterocycles. The summed E-state index contributed by atoms with van der Waals surface area (Å²) in [6.45, 7) is 1.56. The van der Waals surface area contributed by atoms with E-state index in [-0.39, 0.29) is 11.8 Å². The lowest BCUT2D eigenvalue weighted by molar-refractivity contribution is -0.117. The Morgan fingerprint density at radius 3 is 3.00 bits per heavy atom. The molecule has 0 aliphatic heterocycles. The molecule has 0 radical (unpaired) electrons. The lowest BCUT2D eigenvalue weighted by Crippen LogP contribution is -2.25. The Labute approximate surface area is 78.0 Å². The second-order valence-corrected chi connectivity index (χ2v) is 3.23. The first-order chi connectivity index (χ1) is 6.18. The number of nitrogens with zero attached hydrogens (tertiary/aromatic N) is 1. The van der Waals surface area contributed by atoms with Gasteiger partial charge in [0.05, 0.1) is 0 Å². The highest BCUT2D eigenvalue weighted by molar-refractivity contribution is 5.76. The normalized spacial score (nSPS) is 12.5. The summed E-state index contributed by atoms with van der Waals surface area (Å²) in [5.41, 5.74) is 6.84. The molecule has 0 aliphatic carbocycles. The Bertz CT molecular complexity index is 272. The van der Waals surface area contributed by atoms with E-state index in [2.05, 4.69) is 4.98 Å². The van der Waals surface area contributed by atoms with Crippen molar-refractivity contribution in [3.05, 3.63) is 30.1 Å². The third-order valence-corrected chi connectivity index (χ3v) is 1.77. The van der Waals surface area contributed by atoms with Gasteiger partial charge >= 0.3 is 0 Å². The zero-order valence-corrected chi connectivity index (χ0v) is 7.73. The summed E-state index contributed by atoms with van der Waals surface area (Å²) < 4.78 is 0. The van der Waals surface area contributed by atoms with Crippen molar-refractivity contribution < 1.29 is 4.79 Å². The fourth-order valence-corrected chi connectivity index (χ4v) is 1.26. The summed E-state index contributed by atoms with van der Waals surface area (Å²) in [6, 6.07) is 3.75. The third kappa shape index (κ3) is 3.80. The van der Waals surface area contributed by atoms with E-state index in [1.54, 1.807) is 19.3 Å². The maximum absolute atomic E-state index is 10.7. The van der Waals surface area contributed by atoms with Crippen molar-refractivity contribution in [2.75, 3.05) is 0 Å². The number of hydrogen-bond acceptors (Lipinski definition) is 3. The highest BCUT2D eigenvalue weighted by Gasteiger charge is 2.06. The minimum Gasteiger partial charge on any atom is -0.327 e. The van der Waals surface area contributed by atoms with Gasteiger partial charge in [-0.2, -0.15) is 0 Å². The Balaban J connectivity index is 2.45. The van der Waals surface area contributed by atoms with Crippen LogP contribution in [0.5, 0.6) is 0 Å². The van der Waals surface area contributed by atoms with Gasteiger partial charge in [-0.1, -0.05) is 6.07 Å². The van der Waals surface area contributed by atoms with Crippen LogP contribution in [0.25, 0.3) is 0 Å². The molecule has 1 aromatic heterocycles. The largest absolute Gasteiger partial charge is 0.327 e. The monoisotopic (exact) mass is 178 g/mol. The zero-order valence-electron chi connectivity index (χ0n) is 7.73. The third-order valence-electron chi connectivity index (χ3n) is 1.77. The van der Waals surface area contributed by atoms with E-state index >= 15 is 0 Å². The number of nitrogens with two attached hydrogens (primary N) is 1. The number of Topliss-reactive ketones (excluding diaryl/α,β-unsaturated/α-hetero) is 1. The van der Waals surface area contributed by atoms with Gasteiger partial charge in [0, 0.05) is 24.9 Å². The number of carbonyl (C=O) groups is 1. The molecule has 1 aromatic rings. The molecule has 70 valence electrons. The quantitative estimate of drug-likeness (QED) is 0.746. The summed E-state index contributed by atoms with van der Waals surface area (Å²) >= 11 is 0. The van der Waals surface area contributed by atoms with Gasteiger partial charge in [0.15, 0.2) is 0 Å². The molecule has 0 fully saturated rings. The van der Waals surface area contributed by atoms with Gasteiger partial charge in [0.1, 0.15) is 5.78 Å². The summed E-state index contributed by atoms with van der Waals surface area (Å²) in [6.07, 6.45) is 4.66. The molecule has 1 atom stereocenters. The summed E-state index contributed by atoms with van der Waals surface area (Å²) in [5, 5.41) is 0. The Morgan fingerprint density at radius 2 is 2.46 bits per heavy atom. The van der Waals surface area contributed by atoms with Crippen molar-refractivity contribution in [1.82, 2.24) is 4.98 Å². The maximum atomic E-state index is 10.7. The predicted molar refractivity (Wildman–Crippen MR) is 51.2 cm³/mol. The number of hydrogen-bond donors (Lipinski definition) is 1. The van der Waals surface area contributed by atoms with E-state index in [4.69, 9.17) is 5.73 Å². The first-order valence-electron chi connectivity index (χ1n) is 4.32. The molecule has 1 rings (SSSR count). The van der Waals surface area contributed by atoms with Gasteiger partial charge in [0.25, 0.3) is 0 Å². The number of aromatic nitrogens is 1. The molecule has 13 heavy (non-hydrogen) atoms. The molecule has 0 saturated carbocycles. The molecular formula is C10H14N2O. The number of carbonyl (C=O) groups excluding carboxylic acids is 1. The standard InChI is InChI=1S/C10H14N2O/c1-8(13)5-10(11)6-9-3-2-4-12-7-9/h2-4,7,10H,5-6,11H2,1H3/t10-/m0/s1. The van der Waals surface area contributed by atoms with E-state index in [0.717, 1.165) is 5.56 Å². The number of rotatable bonds is 4. The van der Waals surface area contributed by atoms with Crippen LogP contribution in [0, 0.1) is 0 Å². The van der Waals surface area contributed by atoms with Crippen LogP contribution in [0.1, 0.15) is 18.9 Å². The molecule has 0 aliphatic rings. The molecule has 3 nitrogen and oxygen atoms in total. The van der Waals surface area contributed by atoms with Crippen LogP contribution in [-0.4, -0.2) is 16.8 Å². The van der Waals surface area contributed by atoms with Gasteiger partial charge < -0.3 is 5.73 Å². The fourth-order valence-electron chi connectivity index (χ4n) is 1.26. The molecule has 0 aromatic carbocycles.